The number of amides is 1. The van der Waals surface area contributed by atoms with E-state index in [4.69, 9.17) is 8.92 Å². The minimum absolute atomic E-state index is 0.0524. The maximum atomic E-state index is 12.5. The summed E-state index contributed by atoms with van der Waals surface area (Å²) >= 11 is 3.20. The van der Waals surface area contributed by atoms with Gasteiger partial charge in [-0.05, 0) is 59.3 Å². The molecule has 0 fully saturated rings. The quantitative estimate of drug-likeness (QED) is 0.522. The van der Waals surface area contributed by atoms with Crippen LogP contribution < -0.4 is 14.2 Å². The molecule has 2 aromatic rings. The van der Waals surface area contributed by atoms with E-state index in [0.29, 0.717) is 17.5 Å². The van der Waals surface area contributed by atoms with Gasteiger partial charge in [0.05, 0.1) is 11.1 Å². The van der Waals surface area contributed by atoms with Crippen LogP contribution >= 0.6 is 15.9 Å². The number of halogens is 1. The Morgan fingerprint density at radius 2 is 1.88 bits per heavy atom. The van der Waals surface area contributed by atoms with Crippen LogP contribution in [0.15, 0.2) is 45.8 Å². The Hall–Kier alpha value is -2.39. The zero-order valence-electron chi connectivity index (χ0n) is 14.0. The van der Waals surface area contributed by atoms with Gasteiger partial charge in [0.2, 0.25) is 5.91 Å². The van der Waals surface area contributed by atoms with Crippen LogP contribution in [0.25, 0.3) is 0 Å². The predicted octanol–water partition coefficient (Wildman–Crippen LogP) is 3.39. The number of anilines is 1. The Bertz CT molecular complexity index is 925. The standard InChI is InChI=1S/C17H16BrNO6S/c1-3-24-16-9-12(10-20)8-15(18)17(16)25-26(22,23)14-6-4-13(5-7-14)19-11(2)21/h4-10H,3H2,1-2H3,(H,19,21). The third-order valence-corrected chi connectivity index (χ3v) is 4.95. The highest BCUT2D eigenvalue weighted by atomic mass is 79.9. The highest BCUT2D eigenvalue weighted by Crippen LogP contribution is 2.38. The van der Waals surface area contributed by atoms with Crippen molar-refractivity contribution in [1.82, 2.24) is 0 Å². The molecule has 1 N–H and O–H groups in total. The molecule has 0 aliphatic carbocycles. The van der Waals surface area contributed by atoms with Crippen LogP contribution in [0.3, 0.4) is 0 Å². The smallest absolute Gasteiger partial charge is 0.339 e. The van der Waals surface area contributed by atoms with Gasteiger partial charge in [0.15, 0.2) is 11.5 Å². The fraction of sp³-hybridized carbons (Fsp3) is 0.176. The van der Waals surface area contributed by atoms with E-state index in [1.54, 1.807) is 6.92 Å². The molecule has 0 bridgehead atoms. The number of ether oxygens (including phenoxy) is 1. The van der Waals surface area contributed by atoms with Crippen molar-refractivity contribution in [2.24, 2.45) is 0 Å². The normalized spacial score (nSPS) is 10.9. The van der Waals surface area contributed by atoms with Crippen molar-refractivity contribution >= 4 is 43.9 Å². The topological polar surface area (TPSA) is 98.8 Å². The summed E-state index contributed by atoms with van der Waals surface area (Å²) < 4.78 is 36.0. The number of hydrogen-bond donors (Lipinski definition) is 1. The van der Waals surface area contributed by atoms with Gasteiger partial charge in [-0.25, -0.2) is 0 Å². The maximum absolute atomic E-state index is 12.5. The Morgan fingerprint density at radius 3 is 2.42 bits per heavy atom. The highest BCUT2D eigenvalue weighted by Gasteiger charge is 2.22. The van der Waals surface area contributed by atoms with Crippen molar-refractivity contribution in [2.45, 2.75) is 18.7 Å². The van der Waals surface area contributed by atoms with E-state index in [9.17, 15) is 18.0 Å². The van der Waals surface area contributed by atoms with Gasteiger partial charge < -0.3 is 14.2 Å². The first-order chi connectivity index (χ1) is 12.3. The van der Waals surface area contributed by atoms with Crippen LogP contribution in [0.4, 0.5) is 5.69 Å². The predicted molar refractivity (Wildman–Crippen MR) is 99.3 cm³/mol. The second kappa shape index (κ2) is 8.33. The lowest BCUT2D eigenvalue weighted by Crippen LogP contribution is -2.12. The van der Waals surface area contributed by atoms with Gasteiger partial charge in [-0.1, -0.05) is 0 Å². The second-order valence-corrected chi connectivity index (χ2v) is 7.52. The largest absolute Gasteiger partial charge is 0.490 e. The maximum Gasteiger partial charge on any atom is 0.339 e. The zero-order chi connectivity index (χ0) is 19.3. The molecule has 0 saturated carbocycles. The molecular formula is C17H16BrNO6S. The average Bonchev–Trinajstić information content (AvgIpc) is 2.57. The molecule has 0 aliphatic heterocycles. The van der Waals surface area contributed by atoms with Crippen molar-refractivity contribution in [2.75, 3.05) is 11.9 Å². The van der Waals surface area contributed by atoms with Crippen LogP contribution in [0.5, 0.6) is 11.5 Å². The number of benzene rings is 2. The first-order valence-corrected chi connectivity index (χ1v) is 9.70. The molecule has 2 rings (SSSR count). The van der Waals surface area contributed by atoms with Crippen molar-refractivity contribution in [3.05, 3.63) is 46.4 Å². The molecule has 0 unspecified atom stereocenters. The molecule has 0 atom stereocenters. The molecule has 1 amide bonds. The highest BCUT2D eigenvalue weighted by molar-refractivity contribution is 9.10. The van der Waals surface area contributed by atoms with Crippen molar-refractivity contribution in [1.29, 1.82) is 0 Å². The van der Waals surface area contributed by atoms with E-state index in [0.717, 1.165) is 0 Å². The van der Waals surface area contributed by atoms with Crippen LogP contribution in [0, 0.1) is 0 Å². The van der Waals surface area contributed by atoms with Crippen LogP contribution in [-0.4, -0.2) is 27.2 Å². The SMILES string of the molecule is CCOc1cc(C=O)cc(Br)c1OS(=O)(=O)c1ccc(NC(C)=O)cc1. The van der Waals surface area contributed by atoms with Crippen LogP contribution in [-0.2, 0) is 14.9 Å². The van der Waals surface area contributed by atoms with Gasteiger partial charge in [0.25, 0.3) is 0 Å². The summed E-state index contributed by atoms with van der Waals surface area (Å²) in [6, 6.07) is 8.35. The van der Waals surface area contributed by atoms with E-state index in [2.05, 4.69) is 21.2 Å². The average molecular weight is 442 g/mol. The molecule has 0 radical (unpaired) electrons. The van der Waals surface area contributed by atoms with Gasteiger partial charge in [-0.3, -0.25) is 9.59 Å². The lowest BCUT2D eigenvalue weighted by atomic mass is 10.2. The van der Waals surface area contributed by atoms with Crippen molar-refractivity contribution in [3.8, 4) is 11.5 Å². The Morgan fingerprint density at radius 1 is 1.23 bits per heavy atom. The molecule has 0 aromatic heterocycles. The Kier molecular flexibility index (Phi) is 6.38. The van der Waals surface area contributed by atoms with Crippen molar-refractivity contribution in [3.63, 3.8) is 0 Å². The number of carbonyl (C=O) groups is 2. The second-order valence-electron chi connectivity index (χ2n) is 5.12. The van der Waals surface area contributed by atoms with Crippen LogP contribution in [0.2, 0.25) is 0 Å². The fourth-order valence-corrected chi connectivity index (χ4v) is 3.67. The summed E-state index contributed by atoms with van der Waals surface area (Å²) in [6.45, 7) is 3.33. The lowest BCUT2D eigenvalue weighted by molar-refractivity contribution is -0.114. The Balaban J connectivity index is 2.37. The number of rotatable bonds is 7. The van der Waals surface area contributed by atoms with E-state index in [1.807, 2.05) is 0 Å². The van der Waals surface area contributed by atoms with Gasteiger partial charge in [-0.15, -0.1) is 0 Å². The van der Waals surface area contributed by atoms with E-state index in [1.165, 1.54) is 43.3 Å². The minimum atomic E-state index is -4.15. The molecule has 0 aliphatic rings. The summed E-state index contributed by atoms with van der Waals surface area (Å²) in [6.07, 6.45) is 0.617. The lowest BCUT2D eigenvalue weighted by Gasteiger charge is -2.14. The number of aldehydes is 1. The van der Waals surface area contributed by atoms with Gasteiger partial charge in [0, 0.05) is 18.2 Å². The molecule has 0 heterocycles. The summed E-state index contributed by atoms with van der Waals surface area (Å²) in [5.74, 6) is -0.191. The molecule has 9 heteroatoms. The van der Waals surface area contributed by atoms with E-state index in [-0.39, 0.29) is 33.4 Å². The molecule has 0 spiro atoms. The first kappa shape index (κ1) is 19.9. The van der Waals surface area contributed by atoms with Gasteiger partial charge in [-0.2, -0.15) is 8.42 Å². The summed E-state index contributed by atoms with van der Waals surface area (Å²) in [5.41, 5.74) is 0.771. The molecule has 7 nitrogen and oxygen atoms in total. The molecule has 26 heavy (non-hydrogen) atoms. The summed E-state index contributed by atoms with van der Waals surface area (Å²) in [7, 11) is -4.15. The monoisotopic (exact) mass is 441 g/mol. The number of nitrogens with one attached hydrogen (secondary N) is 1. The molecular weight excluding hydrogens is 426 g/mol. The third kappa shape index (κ3) is 4.83. The van der Waals surface area contributed by atoms with E-state index >= 15 is 0 Å². The fourth-order valence-electron chi connectivity index (χ4n) is 2.07. The van der Waals surface area contributed by atoms with Gasteiger partial charge in [0.1, 0.15) is 11.2 Å². The summed E-state index contributed by atoms with van der Waals surface area (Å²) in [4.78, 5) is 21.9. The van der Waals surface area contributed by atoms with Gasteiger partial charge >= 0.3 is 10.1 Å². The Labute approximate surface area is 159 Å². The van der Waals surface area contributed by atoms with E-state index < -0.39 is 10.1 Å². The first-order valence-electron chi connectivity index (χ1n) is 7.50. The number of carbonyl (C=O) groups excluding carboxylic acids is 2. The third-order valence-electron chi connectivity index (χ3n) is 3.12. The zero-order valence-corrected chi connectivity index (χ0v) is 16.4. The summed E-state index contributed by atoms with van der Waals surface area (Å²) in [5, 5.41) is 2.55. The molecule has 2 aromatic carbocycles. The van der Waals surface area contributed by atoms with Crippen LogP contribution in [0.1, 0.15) is 24.2 Å². The van der Waals surface area contributed by atoms with Crippen molar-refractivity contribution < 1.29 is 26.9 Å². The minimum Gasteiger partial charge on any atom is -0.490 e. The number of hydrogen-bond acceptors (Lipinski definition) is 6. The molecule has 0 saturated heterocycles. The molecule has 138 valence electrons.